The minimum Gasteiger partial charge on any atom is -0.311 e. The van der Waals surface area contributed by atoms with Gasteiger partial charge in [-0.25, -0.2) is 9.99 Å². The molecule has 1 fully saturated rings. The van der Waals surface area contributed by atoms with Crippen molar-refractivity contribution in [3.8, 4) is 0 Å². The molecule has 0 amide bonds. The van der Waals surface area contributed by atoms with Gasteiger partial charge >= 0.3 is 0 Å². The van der Waals surface area contributed by atoms with Crippen LogP contribution in [0.25, 0.3) is 0 Å². The van der Waals surface area contributed by atoms with E-state index in [0.717, 1.165) is 13.1 Å². The Balaban J connectivity index is 2.11. The average Bonchev–Trinajstić information content (AvgIpc) is 2.33. The smallest absolute Gasteiger partial charge is 0.294 e. The van der Waals surface area contributed by atoms with Gasteiger partial charge in [-0.2, -0.15) is 0 Å². The van der Waals surface area contributed by atoms with Crippen LogP contribution in [-0.4, -0.2) is 27.6 Å². The lowest BCUT2D eigenvalue weighted by molar-refractivity contribution is 0.271. The van der Waals surface area contributed by atoms with Gasteiger partial charge in [0.1, 0.15) is 0 Å². The SMILES string of the molecule is CCn1ccnc(NN2CCCCC2)c1=O. The van der Waals surface area contributed by atoms with E-state index in [1.54, 1.807) is 17.0 Å². The summed E-state index contributed by atoms with van der Waals surface area (Å²) in [7, 11) is 0. The van der Waals surface area contributed by atoms with E-state index < -0.39 is 0 Å². The second-order valence-electron chi connectivity index (χ2n) is 4.03. The molecule has 2 rings (SSSR count). The lowest BCUT2D eigenvalue weighted by Crippen LogP contribution is -2.38. The summed E-state index contributed by atoms with van der Waals surface area (Å²) in [6.45, 7) is 4.60. The van der Waals surface area contributed by atoms with Gasteiger partial charge < -0.3 is 4.57 Å². The number of anilines is 1. The van der Waals surface area contributed by atoms with Crippen LogP contribution in [-0.2, 0) is 6.54 Å². The number of hydrazine groups is 1. The monoisotopic (exact) mass is 222 g/mol. The van der Waals surface area contributed by atoms with Crippen LogP contribution in [0.4, 0.5) is 5.82 Å². The third-order valence-corrected chi connectivity index (χ3v) is 2.87. The van der Waals surface area contributed by atoms with Crippen molar-refractivity contribution in [2.24, 2.45) is 0 Å². The molecule has 1 saturated heterocycles. The summed E-state index contributed by atoms with van der Waals surface area (Å²) >= 11 is 0. The second-order valence-corrected chi connectivity index (χ2v) is 4.03. The van der Waals surface area contributed by atoms with Gasteiger partial charge in [-0.15, -0.1) is 0 Å². The van der Waals surface area contributed by atoms with E-state index in [2.05, 4.69) is 15.4 Å². The summed E-state index contributed by atoms with van der Waals surface area (Å²) in [6, 6.07) is 0. The van der Waals surface area contributed by atoms with Crippen molar-refractivity contribution >= 4 is 5.82 Å². The molecule has 1 aromatic rings. The molecule has 0 bridgehead atoms. The Morgan fingerprint density at radius 3 is 2.81 bits per heavy atom. The van der Waals surface area contributed by atoms with Crippen molar-refractivity contribution in [3.05, 3.63) is 22.7 Å². The van der Waals surface area contributed by atoms with E-state index in [9.17, 15) is 4.79 Å². The molecule has 16 heavy (non-hydrogen) atoms. The van der Waals surface area contributed by atoms with Crippen LogP contribution in [0.1, 0.15) is 26.2 Å². The zero-order chi connectivity index (χ0) is 11.4. The van der Waals surface area contributed by atoms with Crippen LogP contribution in [0, 0.1) is 0 Å². The van der Waals surface area contributed by atoms with E-state index in [4.69, 9.17) is 0 Å². The summed E-state index contributed by atoms with van der Waals surface area (Å²) in [5.74, 6) is 0.436. The molecule has 0 aromatic carbocycles. The summed E-state index contributed by atoms with van der Waals surface area (Å²) in [5.41, 5.74) is 3.07. The summed E-state index contributed by atoms with van der Waals surface area (Å²) in [6.07, 6.45) is 7.02. The van der Waals surface area contributed by atoms with Gasteiger partial charge in [-0.1, -0.05) is 6.42 Å². The van der Waals surface area contributed by atoms with Gasteiger partial charge in [0.15, 0.2) is 0 Å². The van der Waals surface area contributed by atoms with Crippen LogP contribution in [0.5, 0.6) is 0 Å². The number of hydrogen-bond acceptors (Lipinski definition) is 4. The number of piperidine rings is 1. The Labute approximate surface area is 95.1 Å². The quantitative estimate of drug-likeness (QED) is 0.831. The Kier molecular flexibility index (Phi) is 3.56. The summed E-state index contributed by atoms with van der Waals surface area (Å²) in [4.78, 5) is 16.0. The molecular weight excluding hydrogens is 204 g/mol. The minimum atomic E-state index is -0.0458. The van der Waals surface area contributed by atoms with Crippen molar-refractivity contribution in [1.29, 1.82) is 0 Å². The Morgan fingerprint density at radius 2 is 2.12 bits per heavy atom. The molecule has 1 N–H and O–H groups in total. The molecule has 5 nitrogen and oxygen atoms in total. The molecule has 0 radical (unpaired) electrons. The second kappa shape index (κ2) is 5.12. The normalized spacial score (nSPS) is 17.3. The highest BCUT2D eigenvalue weighted by Gasteiger charge is 2.12. The number of nitrogens with zero attached hydrogens (tertiary/aromatic N) is 3. The van der Waals surface area contributed by atoms with Gasteiger partial charge in [0.2, 0.25) is 5.82 Å². The summed E-state index contributed by atoms with van der Waals surface area (Å²) < 4.78 is 1.65. The summed E-state index contributed by atoms with van der Waals surface area (Å²) in [5, 5.41) is 2.08. The molecule has 0 atom stereocenters. The Hall–Kier alpha value is -1.36. The topological polar surface area (TPSA) is 50.2 Å². The highest BCUT2D eigenvalue weighted by molar-refractivity contribution is 5.29. The maximum Gasteiger partial charge on any atom is 0.294 e. The molecule has 0 unspecified atom stereocenters. The minimum absolute atomic E-state index is 0.0458. The van der Waals surface area contributed by atoms with E-state index >= 15 is 0 Å². The maximum absolute atomic E-state index is 11.9. The van der Waals surface area contributed by atoms with Gasteiger partial charge in [0, 0.05) is 32.0 Å². The van der Waals surface area contributed by atoms with Crippen molar-refractivity contribution in [3.63, 3.8) is 0 Å². The number of nitrogens with one attached hydrogen (secondary N) is 1. The molecule has 2 heterocycles. The van der Waals surface area contributed by atoms with Crippen molar-refractivity contribution < 1.29 is 0 Å². The highest BCUT2D eigenvalue weighted by atomic mass is 16.1. The Bertz CT molecular complexity index is 395. The zero-order valence-corrected chi connectivity index (χ0v) is 9.65. The first kappa shape index (κ1) is 11.1. The van der Waals surface area contributed by atoms with Crippen molar-refractivity contribution in [2.75, 3.05) is 18.5 Å². The highest BCUT2D eigenvalue weighted by Crippen LogP contribution is 2.08. The first-order chi connectivity index (χ1) is 7.81. The van der Waals surface area contributed by atoms with Crippen LogP contribution < -0.4 is 11.0 Å². The van der Waals surface area contributed by atoms with Gasteiger partial charge in [0.05, 0.1) is 0 Å². The molecule has 5 heteroatoms. The van der Waals surface area contributed by atoms with E-state index in [0.29, 0.717) is 12.4 Å². The van der Waals surface area contributed by atoms with Crippen molar-refractivity contribution in [1.82, 2.24) is 14.6 Å². The molecular formula is C11H18N4O. The molecule has 0 spiro atoms. The third-order valence-electron chi connectivity index (χ3n) is 2.87. The first-order valence-corrected chi connectivity index (χ1v) is 5.88. The predicted octanol–water partition coefficient (Wildman–Crippen LogP) is 1.08. The predicted molar refractivity (Wildman–Crippen MR) is 63.2 cm³/mol. The number of rotatable bonds is 3. The molecule has 1 aromatic heterocycles. The molecule has 0 saturated carbocycles. The van der Waals surface area contributed by atoms with Crippen LogP contribution in [0.2, 0.25) is 0 Å². The van der Waals surface area contributed by atoms with Crippen LogP contribution in [0.15, 0.2) is 17.2 Å². The van der Waals surface area contributed by atoms with Gasteiger partial charge in [-0.05, 0) is 19.8 Å². The molecule has 0 aliphatic carbocycles. The van der Waals surface area contributed by atoms with E-state index in [-0.39, 0.29) is 5.56 Å². The number of aryl methyl sites for hydroxylation is 1. The van der Waals surface area contributed by atoms with Crippen LogP contribution in [0.3, 0.4) is 0 Å². The van der Waals surface area contributed by atoms with Gasteiger partial charge in [-0.3, -0.25) is 10.2 Å². The van der Waals surface area contributed by atoms with E-state index in [1.807, 2.05) is 6.92 Å². The molecule has 88 valence electrons. The fourth-order valence-corrected chi connectivity index (χ4v) is 1.93. The number of aromatic nitrogens is 2. The Morgan fingerprint density at radius 1 is 1.38 bits per heavy atom. The molecule has 1 aliphatic rings. The lowest BCUT2D eigenvalue weighted by atomic mass is 10.2. The van der Waals surface area contributed by atoms with Crippen LogP contribution >= 0.6 is 0 Å². The maximum atomic E-state index is 11.9. The lowest BCUT2D eigenvalue weighted by Gasteiger charge is -2.26. The number of hydrogen-bond donors (Lipinski definition) is 1. The van der Waals surface area contributed by atoms with E-state index in [1.165, 1.54) is 19.3 Å². The van der Waals surface area contributed by atoms with Gasteiger partial charge in [0.25, 0.3) is 5.56 Å². The molecule has 1 aliphatic heterocycles. The van der Waals surface area contributed by atoms with Crippen molar-refractivity contribution in [2.45, 2.75) is 32.7 Å². The average molecular weight is 222 g/mol. The standard InChI is InChI=1S/C11H18N4O/c1-2-14-9-6-12-10(11(14)16)13-15-7-4-3-5-8-15/h6,9H,2-5,7-8H2,1H3,(H,12,13). The fourth-order valence-electron chi connectivity index (χ4n) is 1.93. The first-order valence-electron chi connectivity index (χ1n) is 5.88. The third kappa shape index (κ3) is 2.41. The fraction of sp³-hybridized carbons (Fsp3) is 0.636. The largest absolute Gasteiger partial charge is 0.311 e. The zero-order valence-electron chi connectivity index (χ0n) is 9.65.